The van der Waals surface area contributed by atoms with Crippen molar-refractivity contribution in [3.8, 4) is 0 Å². The molecule has 0 aliphatic carbocycles. The number of halogens is 1. The van der Waals surface area contributed by atoms with Gasteiger partial charge in [-0.05, 0) is 12.5 Å². The topological polar surface area (TPSA) is 20.2 Å². The zero-order chi connectivity index (χ0) is 7.28. The molecule has 1 N–H and O–H groups in total. The molecule has 0 fully saturated rings. The molecule has 0 spiro atoms. The molecule has 0 rings (SSSR count). The van der Waals surface area contributed by atoms with Crippen LogP contribution < -0.4 is 0 Å². The fourth-order valence-corrected chi connectivity index (χ4v) is 0.469. The maximum atomic E-state index is 8.89. The van der Waals surface area contributed by atoms with Crippen molar-refractivity contribution in [1.82, 2.24) is 0 Å². The predicted octanol–water partition coefficient (Wildman–Crippen LogP) is 2.98. The van der Waals surface area contributed by atoms with E-state index in [4.69, 9.17) is 16.7 Å². The van der Waals surface area contributed by atoms with Crippen molar-refractivity contribution in [3.05, 3.63) is 23.4 Å². The van der Waals surface area contributed by atoms with Crippen LogP contribution in [-0.2, 0) is 0 Å². The second-order valence-electron chi connectivity index (χ2n) is 1.78. The third-order valence-electron chi connectivity index (χ3n) is 0.904. The van der Waals surface area contributed by atoms with Gasteiger partial charge in [0.2, 0.25) is 0 Å². The fraction of sp³-hybridized carbons (Fsp3) is 0.429. The maximum Gasteiger partial charge on any atom is 0.129 e. The van der Waals surface area contributed by atoms with Crippen molar-refractivity contribution < 1.29 is 5.11 Å². The molecule has 52 valence electrons. The molecule has 0 saturated carbocycles. The van der Waals surface area contributed by atoms with Crippen LogP contribution in [0.3, 0.4) is 0 Å². The number of hydrogen-bond acceptors (Lipinski definition) is 1. The van der Waals surface area contributed by atoms with E-state index in [9.17, 15) is 0 Å². The van der Waals surface area contributed by atoms with Gasteiger partial charge in [0.25, 0.3) is 0 Å². The molecule has 0 aromatic carbocycles. The van der Waals surface area contributed by atoms with E-state index in [2.05, 4.69) is 6.58 Å². The first-order chi connectivity index (χ1) is 4.18. The Bertz CT molecular complexity index is 127. The standard InChI is InChI=1S/C7H11ClO/c1-3-4-5-7(9)6(2)8/h5,9H,2-4H2,1H3/b7-5+. The van der Waals surface area contributed by atoms with Crippen LogP contribution in [0.4, 0.5) is 0 Å². The highest BCUT2D eigenvalue weighted by Gasteiger charge is 1.91. The maximum absolute atomic E-state index is 8.89. The average Bonchev–Trinajstić information content (AvgIpc) is 1.82. The van der Waals surface area contributed by atoms with Gasteiger partial charge >= 0.3 is 0 Å². The predicted molar refractivity (Wildman–Crippen MR) is 40.6 cm³/mol. The highest BCUT2D eigenvalue weighted by molar-refractivity contribution is 6.31. The van der Waals surface area contributed by atoms with Gasteiger partial charge in [0.05, 0.1) is 5.03 Å². The molecule has 0 aliphatic rings. The third-order valence-corrected chi connectivity index (χ3v) is 1.10. The summed E-state index contributed by atoms with van der Waals surface area (Å²) in [4.78, 5) is 0. The first-order valence-corrected chi connectivity index (χ1v) is 3.30. The SMILES string of the molecule is C=C(Cl)/C(O)=C\CCC. The largest absolute Gasteiger partial charge is 0.507 e. The van der Waals surface area contributed by atoms with Crippen molar-refractivity contribution >= 4 is 11.6 Å². The van der Waals surface area contributed by atoms with E-state index in [1.54, 1.807) is 6.08 Å². The van der Waals surface area contributed by atoms with Crippen LogP contribution in [0, 0.1) is 0 Å². The van der Waals surface area contributed by atoms with E-state index in [-0.39, 0.29) is 10.8 Å². The third kappa shape index (κ3) is 4.10. The summed E-state index contributed by atoms with van der Waals surface area (Å²) in [5.41, 5.74) is 0. The summed E-state index contributed by atoms with van der Waals surface area (Å²) in [5.74, 6) is 0.0958. The van der Waals surface area contributed by atoms with Crippen LogP contribution in [0.2, 0.25) is 0 Å². The van der Waals surface area contributed by atoms with E-state index >= 15 is 0 Å². The van der Waals surface area contributed by atoms with Crippen LogP contribution in [0.25, 0.3) is 0 Å². The van der Waals surface area contributed by atoms with Crippen molar-refractivity contribution in [2.45, 2.75) is 19.8 Å². The van der Waals surface area contributed by atoms with E-state index < -0.39 is 0 Å². The van der Waals surface area contributed by atoms with E-state index in [1.807, 2.05) is 6.92 Å². The van der Waals surface area contributed by atoms with Gasteiger partial charge in [-0.3, -0.25) is 0 Å². The minimum atomic E-state index is 0.0958. The fourth-order valence-electron chi connectivity index (χ4n) is 0.392. The molecular formula is C7H11ClO. The molecule has 0 aromatic heterocycles. The minimum Gasteiger partial charge on any atom is -0.507 e. The molecule has 2 heteroatoms. The van der Waals surface area contributed by atoms with Gasteiger partial charge in [-0.25, -0.2) is 0 Å². The van der Waals surface area contributed by atoms with Crippen LogP contribution in [0.5, 0.6) is 0 Å². The van der Waals surface area contributed by atoms with Crippen LogP contribution >= 0.6 is 11.6 Å². The first-order valence-electron chi connectivity index (χ1n) is 2.92. The summed E-state index contributed by atoms with van der Waals surface area (Å²) in [6.07, 6.45) is 3.52. The summed E-state index contributed by atoms with van der Waals surface area (Å²) in [6, 6.07) is 0. The number of unbranched alkanes of at least 4 members (excludes halogenated alkanes) is 1. The quantitative estimate of drug-likeness (QED) is 0.480. The smallest absolute Gasteiger partial charge is 0.129 e. The Morgan fingerprint density at radius 1 is 1.78 bits per heavy atom. The van der Waals surface area contributed by atoms with Gasteiger partial charge in [0.1, 0.15) is 5.76 Å². The lowest BCUT2D eigenvalue weighted by atomic mass is 10.3. The van der Waals surface area contributed by atoms with Gasteiger partial charge < -0.3 is 5.11 Å². The van der Waals surface area contributed by atoms with Gasteiger partial charge in [0, 0.05) is 0 Å². The first kappa shape index (κ1) is 8.57. The molecule has 0 aliphatic heterocycles. The number of hydrogen-bond donors (Lipinski definition) is 1. The second kappa shape index (κ2) is 4.45. The Morgan fingerprint density at radius 2 is 2.33 bits per heavy atom. The van der Waals surface area contributed by atoms with E-state index in [1.165, 1.54) is 0 Å². The van der Waals surface area contributed by atoms with E-state index in [0.717, 1.165) is 12.8 Å². The normalized spacial score (nSPS) is 11.6. The van der Waals surface area contributed by atoms with Crippen LogP contribution in [0.15, 0.2) is 23.4 Å². The van der Waals surface area contributed by atoms with Gasteiger partial charge in [-0.15, -0.1) is 0 Å². The molecule has 0 amide bonds. The minimum absolute atomic E-state index is 0.0958. The lowest BCUT2D eigenvalue weighted by Gasteiger charge is -1.92. The Kier molecular flexibility index (Phi) is 4.24. The number of rotatable bonds is 3. The Balaban J connectivity index is 3.69. The summed E-state index contributed by atoms with van der Waals surface area (Å²) >= 11 is 5.35. The van der Waals surface area contributed by atoms with Crippen molar-refractivity contribution in [1.29, 1.82) is 0 Å². The highest BCUT2D eigenvalue weighted by Crippen LogP contribution is 2.09. The number of aliphatic hydroxyl groups excluding tert-OH is 1. The zero-order valence-corrected chi connectivity index (χ0v) is 6.28. The summed E-state index contributed by atoms with van der Waals surface area (Å²) < 4.78 is 0. The Morgan fingerprint density at radius 3 is 2.67 bits per heavy atom. The van der Waals surface area contributed by atoms with Crippen LogP contribution in [-0.4, -0.2) is 5.11 Å². The molecule has 0 aromatic rings. The molecule has 0 unspecified atom stereocenters. The molecule has 0 bridgehead atoms. The summed E-state index contributed by atoms with van der Waals surface area (Å²) in [7, 11) is 0. The van der Waals surface area contributed by atoms with Crippen LogP contribution in [0.1, 0.15) is 19.8 Å². The average molecular weight is 147 g/mol. The van der Waals surface area contributed by atoms with Gasteiger partial charge in [-0.1, -0.05) is 31.5 Å². The summed E-state index contributed by atoms with van der Waals surface area (Å²) in [6.45, 7) is 5.38. The lowest BCUT2D eigenvalue weighted by molar-refractivity contribution is 0.426. The Labute approximate surface area is 60.6 Å². The lowest BCUT2D eigenvalue weighted by Crippen LogP contribution is -1.77. The van der Waals surface area contributed by atoms with Crippen molar-refractivity contribution in [2.24, 2.45) is 0 Å². The molecule has 0 saturated heterocycles. The monoisotopic (exact) mass is 146 g/mol. The summed E-state index contributed by atoms with van der Waals surface area (Å²) in [5, 5.41) is 9.10. The van der Waals surface area contributed by atoms with Crippen molar-refractivity contribution in [3.63, 3.8) is 0 Å². The van der Waals surface area contributed by atoms with Gasteiger partial charge in [0.15, 0.2) is 0 Å². The van der Waals surface area contributed by atoms with E-state index in [0.29, 0.717) is 0 Å². The second-order valence-corrected chi connectivity index (χ2v) is 2.24. The number of aliphatic hydroxyl groups is 1. The molecule has 1 nitrogen and oxygen atoms in total. The molecule has 0 heterocycles. The highest BCUT2D eigenvalue weighted by atomic mass is 35.5. The molecule has 9 heavy (non-hydrogen) atoms. The number of allylic oxidation sites excluding steroid dienone is 2. The zero-order valence-electron chi connectivity index (χ0n) is 5.52. The van der Waals surface area contributed by atoms with Crippen molar-refractivity contribution in [2.75, 3.05) is 0 Å². The molecule has 0 atom stereocenters. The molecule has 0 radical (unpaired) electrons. The molecular weight excluding hydrogens is 136 g/mol. The Hall–Kier alpha value is -0.430. The van der Waals surface area contributed by atoms with Gasteiger partial charge in [-0.2, -0.15) is 0 Å².